The molecule has 0 bridgehead atoms. The highest BCUT2D eigenvalue weighted by molar-refractivity contribution is 6.30. The molecule has 1 heterocycles. The Morgan fingerprint density at radius 2 is 2.14 bits per heavy atom. The number of hydrogen-bond donors (Lipinski definition) is 1. The summed E-state index contributed by atoms with van der Waals surface area (Å²) in [5, 5.41) is 7.83. The first-order valence-electron chi connectivity index (χ1n) is 7.00. The molecule has 0 aliphatic heterocycles. The molecule has 1 unspecified atom stereocenters. The van der Waals surface area contributed by atoms with E-state index in [1.807, 2.05) is 24.3 Å². The van der Waals surface area contributed by atoms with Gasteiger partial charge in [-0.15, -0.1) is 0 Å². The lowest BCUT2D eigenvalue weighted by atomic mass is 9.85. The molecule has 6 heteroatoms. The third-order valence-electron chi connectivity index (χ3n) is 3.59. The number of amides is 1. The van der Waals surface area contributed by atoms with Crippen LogP contribution in [0.2, 0.25) is 5.02 Å². The number of aromatic nitrogens is 3. The van der Waals surface area contributed by atoms with E-state index in [1.165, 1.54) is 6.33 Å². The van der Waals surface area contributed by atoms with Crippen LogP contribution in [0.1, 0.15) is 31.7 Å². The van der Waals surface area contributed by atoms with Crippen molar-refractivity contribution in [3.63, 3.8) is 0 Å². The van der Waals surface area contributed by atoms with Crippen molar-refractivity contribution in [1.82, 2.24) is 20.1 Å². The SMILES string of the molecule is CCCCC(Cn1cncn1)(NC=O)c1ccc(Cl)cc1. The Balaban J connectivity index is 2.37. The fraction of sp³-hybridized carbons (Fsp3) is 0.400. The first-order valence-corrected chi connectivity index (χ1v) is 7.38. The molecule has 112 valence electrons. The maximum atomic E-state index is 11.2. The fourth-order valence-corrected chi connectivity index (χ4v) is 2.59. The number of nitrogens with zero attached hydrogens (tertiary/aromatic N) is 3. The number of halogens is 1. The van der Waals surface area contributed by atoms with Crippen LogP contribution in [-0.2, 0) is 16.9 Å². The van der Waals surface area contributed by atoms with E-state index in [0.29, 0.717) is 11.6 Å². The summed E-state index contributed by atoms with van der Waals surface area (Å²) in [6.45, 7) is 2.66. The van der Waals surface area contributed by atoms with E-state index < -0.39 is 5.54 Å². The summed E-state index contributed by atoms with van der Waals surface area (Å²) < 4.78 is 1.74. The number of rotatable bonds is 8. The number of nitrogens with one attached hydrogen (secondary N) is 1. The van der Waals surface area contributed by atoms with Crippen molar-refractivity contribution in [3.05, 3.63) is 47.5 Å². The number of carbonyl (C=O) groups excluding carboxylic acids is 1. The zero-order valence-corrected chi connectivity index (χ0v) is 12.8. The van der Waals surface area contributed by atoms with E-state index in [0.717, 1.165) is 31.2 Å². The normalized spacial score (nSPS) is 13.6. The van der Waals surface area contributed by atoms with Crippen LogP contribution in [0.25, 0.3) is 0 Å². The summed E-state index contributed by atoms with van der Waals surface area (Å²) in [6.07, 6.45) is 6.77. The topological polar surface area (TPSA) is 59.8 Å². The summed E-state index contributed by atoms with van der Waals surface area (Å²) in [7, 11) is 0. The highest BCUT2D eigenvalue weighted by Crippen LogP contribution is 2.30. The lowest BCUT2D eigenvalue weighted by Crippen LogP contribution is -2.45. The van der Waals surface area contributed by atoms with Crippen LogP contribution in [0.3, 0.4) is 0 Å². The van der Waals surface area contributed by atoms with Gasteiger partial charge in [-0.1, -0.05) is 43.5 Å². The van der Waals surface area contributed by atoms with Crippen molar-refractivity contribution in [1.29, 1.82) is 0 Å². The fourth-order valence-electron chi connectivity index (χ4n) is 2.47. The van der Waals surface area contributed by atoms with Gasteiger partial charge in [-0.3, -0.25) is 9.48 Å². The molecule has 21 heavy (non-hydrogen) atoms. The second kappa shape index (κ2) is 7.22. The molecule has 1 aromatic carbocycles. The van der Waals surface area contributed by atoms with Gasteiger partial charge in [-0.05, 0) is 24.1 Å². The van der Waals surface area contributed by atoms with E-state index in [-0.39, 0.29) is 0 Å². The van der Waals surface area contributed by atoms with Crippen LogP contribution in [0.15, 0.2) is 36.9 Å². The van der Waals surface area contributed by atoms with Gasteiger partial charge in [0.05, 0.1) is 12.1 Å². The summed E-state index contributed by atoms with van der Waals surface area (Å²) in [5.41, 5.74) is 0.513. The van der Waals surface area contributed by atoms with Gasteiger partial charge in [0.15, 0.2) is 0 Å². The molecular weight excluding hydrogens is 288 g/mol. The Kier molecular flexibility index (Phi) is 5.33. The van der Waals surface area contributed by atoms with Crippen molar-refractivity contribution in [3.8, 4) is 0 Å². The number of carbonyl (C=O) groups is 1. The van der Waals surface area contributed by atoms with Crippen molar-refractivity contribution >= 4 is 18.0 Å². The van der Waals surface area contributed by atoms with Gasteiger partial charge in [0.25, 0.3) is 0 Å². The molecule has 0 saturated carbocycles. The molecular formula is C15H19ClN4O. The number of unbranched alkanes of at least 4 members (excludes halogenated alkanes) is 1. The zero-order chi connectivity index (χ0) is 15.1. The Morgan fingerprint density at radius 3 is 2.71 bits per heavy atom. The molecule has 0 fully saturated rings. The van der Waals surface area contributed by atoms with E-state index in [9.17, 15) is 4.79 Å². The minimum atomic E-state index is -0.504. The summed E-state index contributed by atoms with van der Waals surface area (Å²) >= 11 is 5.97. The largest absolute Gasteiger partial charge is 0.347 e. The van der Waals surface area contributed by atoms with Gasteiger partial charge in [0.1, 0.15) is 12.7 Å². The minimum Gasteiger partial charge on any atom is -0.347 e. The predicted molar refractivity (Wildman–Crippen MR) is 81.9 cm³/mol. The molecule has 5 nitrogen and oxygen atoms in total. The van der Waals surface area contributed by atoms with Crippen molar-refractivity contribution < 1.29 is 4.79 Å². The molecule has 0 radical (unpaired) electrons. The third-order valence-corrected chi connectivity index (χ3v) is 3.84. The van der Waals surface area contributed by atoms with E-state index >= 15 is 0 Å². The molecule has 1 atom stereocenters. The van der Waals surface area contributed by atoms with Gasteiger partial charge in [0.2, 0.25) is 6.41 Å². The van der Waals surface area contributed by atoms with E-state index in [4.69, 9.17) is 11.6 Å². The average Bonchev–Trinajstić information content (AvgIpc) is 2.98. The van der Waals surface area contributed by atoms with Gasteiger partial charge in [-0.2, -0.15) is 5.10 Å². The predicted octanol–water partition coefficient (Wildman–Crippen LogP) is 2.76. The van der Waals surface area contributed by atoms with Gasteiger partial charge < -0.3 is 5.32 Å². The first kappa shape index (κ1) is 15.5. The maximum Gasteiger partial charge on any atom is 0.207 e. The highest BCUT2D eigenvalue weighted by Gasteiger charge is 2.32. The van der Waals surface area contributed by atoms with Crippen molar-refractivity contribution in [2.45, 2.75) is 38.3 Å². The molecule has 2 rings (SSSR count). The van der Waals surface area contributed by atoms with Crippen LogP contribution in [0, 0.1) is 0 Å². The standard InChI is InChI=1S/C15H19ClN4O/c1-2-3-8-15(18-12-21,9-20-11-17-10-19-20)13-4-6-14(16)7-5-13/h4-7,10-12H,2-3,8-9H2,1H3,(H,18,21). The number of benzene rings is 1. The highest BCUT2D eigenvalue weighted by atomic mass is 35.5. The van der Waals surface area contributed by atoms with Gasteiger partial charge >= 0.3 is 0 Å². The molecule has 1 N–H and O–H groups in total. The lowest BCUT2D eigenvalue weighted by Gasteiger charge is -2.34. The smallest absolute Gasteiger partial charge is 0.207 e. The number of hydrogen-bond acceptors (Lipinski definition) is 3. The van der Waals surface area contributed by atoms with Crippen molar-refractivity contribution in [2.75, 3.05) is 0 Å². The average molecular weight is 307 g/mol. The molecule has 2 aromatic rings. The Labute approximate surface area is 129 Å². The quantitative estimate of drug-likeness (QED) is 0.763. The van der Waals surface area contributed by atoms with Crippen LogP contribution in [0.5, 0.6) is 0 Å². The van der Waals surface area contributed by atoms with Crippen molar-refractivity contribution in [2.24, 2.45) is 0 Å². The molecule has 0 aliphatic carbocycles. The Bertz CT molecular complexity index is 556. The molecule has 0 spiro atoms. The molecule has 0 aliphatic rings. The monoisotopic (exact) mass is 306 g/mol. The van der Waals surface area contributed by atoms with Crippen LogP contribution >= 0.6 is 11.6 Å². The molecule has 0 saturated heterocycles. The van der Waals surface area contributed by atoms with Crippen LogP contribution in [0.4, 0.5) is 0 Å². The minimum absolute atomic E-state index is 0.504. The summed E-state index contributed by atoms with van der Waals surface area (Å²) in [5.74, 6) is 0. The Hall–Kier alpha value is -1.88. The van der Waals surface area contributed by atoms with Gasteiger partial charge in [0, 0.05) is 5.02 Å². The van der Waals surface area contributed by atoms with E-state index in [2.05, 4.69) is 22.3 Å². The lowest BCUT2D eigenvalue weighted by molar-refractivity contribution is -0.111. The third kappa shape index (κ3) is 3.82. The molecule has 1 amide bonds. The van der Waals surface area contributed by atoms with Crippen LogP contribution in [-0.4, -0.2) is 21.2 Å². The maximum absolute atomic E-state index is 11.2. The van der Waals surface area contributed by atoms with Gasteiger partial charge in [-0.25, -0.2) is 4.98 Å². The Morgan fingerprint density at radius 1 is 1.38 bits per heavy atom. The summed E-state index contributed by atoms with van der Waals surface area (Å²) in [4.78, 5) is 15.1. The second-order valence-electron chi connectivity index (χ2n) is 5.05. The summed E-state index contributed by atoms with van der Waals surface area (Å²) in [6, 6.07) is 7.58. The zero-order valence-electron chi connectivity index (χ0n) is 12.0. The van der Waals surface area contributed by atoms with E-state index in [1.54, 1.807) is 11.0 Å². The van der Waals surface area contributed by atoms with Crippen LogP contribution < -0.4 is 5.32 Å². The molecule has 1 aromatic heterocycles. The second-order valence-corrected chi connectivity index (χ2v) is 5.48. The first-order chi connectivity index (χ1) is 10.2.